The average molecular weight is 206 g/mol. The summed E-state index contributed by atoms with van der Waals surface area (Å²) in [6.45, 7) is 2.17. The number of rotatable bonds is 1. The minimum Gasteiger partial charge on any atom is -0.299 e. The summed E-state index contributed by atoms with van der Waals surface area (Å²) >= 11 is 0. The number of Topliss-reactive ketones (excluding diaryl/α,β-unsaturated/α-hetero) is 1. The first-order valence-corrected chi connectivity index (χ1v) is 5.45. The lowest BCUT2D eigenvalue weighted by molar-refractivity contribution is -0.122. The Morgan fingerprint density at radius 1 is 1.27 bits per heavy atom. The molecule has 0 radical (unpaired) electrons. The van der Waals surface area contributed by atoms with E-state index < -0.39 is 0 Å². The monoisotopic (exact) mass is 206 g/mol. The SMILES string of the molecule is CC1CCC(=O)C(c2ccc(F)cc2)C1. The Balaban J connectivity index is 2.21. The van der Waals surface area contributed by atoms with Crippen molar-refractivity contribution in [2.45, 2.75) is 32.1 Å². The molecule has 0 spiro atoms. The van der Waals surface area contributed by atoms with Gasteiger partial charge >= 0.3 is 0 Å². The van der Waals surface area contributed by atoms with Crippen LogP contribution in [0, 0.1) is 11.7 Å². The van der Waals surface area contributed by atoms with Crippen LogP contribution in [0.2, 0.25) is 0 Å². The van der Waals surface area contributed by atoms with E-state index in [1.807, 2.05) is 0 Å². The van der Waals surface area contributed by atoms with Crippen LogP contribution in [0.15, 0.2) is 24.3 Å². The van der Waals surface area contributed by atoms with Gasteiger partial charge in [-0.2, -0.15) is 0 Å². The Morgan fingerprint density at radius 3 is 2.60 bits per heavy atom. The average Bonchev–Trinajstić information content (AvgIpc) is 2.23. The number of benzene rings is 1. The highest BCUT2D eigenvalue weighted by Gasteiger charge is 2.27. The lowest BCUT2D eigenvalue weighted by atomic mass is 9.78. The molecule has 1 fully saturated rings. The molecule has 1 saturated carbocycles. The molecule has 1 aromatic rings. The molecule has 2 rings (SSSR count). The molecule has 1 aromatic carbocycles. The normalized spacial score (nSPS) is 26.7. The van der Waals surface area contributed by atoms with Crippen molar-refractivity contribution in [3.63, 3.8) is 0 Å². The molecule has 1 aliphatic rings. The molecule has 0 amide bonds. The van der Waals surface area contributed by atoms with E-state index >= 15 is 0 Å². The Hall–Kier alpha value is -1.18. The number of hydrogen-bond acceptors (Lipinski definition) is 1. The molecule has 0 aromatic heterocycles. The van der Waals surface area contributed by atoms with Crippen molar-refractivity contribution >= 4 is 5.78 Å². The Morgan fingerprint density at radius 2 is 1.93 bits per heavy atom. The van der Waals surface area contributed by atoms with E-state index in [0.717, 1.165) is 18.4 Å². The topological polar surface area (TPSA) is 17.1 Å². The molecule has 80 valence electrons. The zero-order valence-corrected chi connectivity index (χ0v) is 8.87. The summed E-state index contributed by atoms with van der Waals surface area (Å²) in [7, 11) is 0. The van der Waals surface area contributed by atoms with E-state index in [4.69, 9.17) is 0 Å². The fourth-order valence-corrected chi connectivity index (χ4v) is 2.23. The summed E-state index contributed by atoms with van der Waals surface area (Å²) in [5, 5.41) is 0. The van der Waals surface area contributed by atoms with Gasteiger partial charge in [-0.3, -0.25) is 4.79 Å². The zero-order chi connectivity index (χ0) is 10.8. The van der Waals surface area contributed by atoms with Gasteiger partial charge in [-0.05, 0) is 36.5 Å². The van der Waals surface area contributed by atoms with Crippen LogP contribution >= 0.6 is 0 Å². The minimum absolute atomic E-state index is 0.00523. The van der Waals surface area contributed by atoms with Crippen LogP contribution in [0.5, 0.6) is 0 Å². The molecule has 2 atom stereocenters. The van der Waals surface area contributed by atoms with Gasteiger partial charge in [0.25, 0.3) is 0 Å². The third-order valence-electron chi connectivity index (χ3n) is 3.18. The van der Waals surface area contributed by atoms with Crippen molar-refractivity contribution in [1.82, 2.24) is 0 Å². The summed E-state index contributed by atoms with van der Waals surface area (Å²) in [6.07, 6.45) is 2.57. The van der Waals surface area contributed by atoms with Crippen LogP contribution in [0.25, 0.3) is 0 Å². The van der Waals surface area contributed by atoms with E-state index in [1.165, 1.54) is 12.1 Å². The summed E-state index contributed by atoms with van der Waals surface area (Å²) in [6, 6.07) is 6.33. The molecular weight excluding hydrogens is 191 g/mol. The molecule has 2 unspecified atom stereocenters. The lowest BCUT2D eigenvalue weighted by Crippen LogP contribution is -2.21. The number of halogens is 1. The fraction of sp³-hybridized carbons (Fsp3) is 0.462. The van der Waals surface area contributed by atoms with Gasteiger partial charge in [0.05, 0.1) is 0 Å². The Labute approximate surface area is 89.3 Å². The van der Waals surface area contributed by atoms with Crippen molar-refractivity contribution in [3.05, 3.63) is 35.6 Å². The lowest BCUT2D eigenvalue weighted by Gasteiger charge is -2.25. The van der Waals surface area contributed by atoms with Crippen LogP contribution in [-0.4, -0.2) is 5.78 Å². The molecule has 0 bridgehead atoms. The van der Waals surface area contributed by atoms with E-state index in [1.54, 1.807) is 12.1 Å². The third kappa shape index (κ3) is 2.25. The van der Waals surface area contributed by atoms with E-state index in [0.29, 0.717) is 18.1 Å². The van der Waals surface area contributed by atoms with Crippen LogP contribution in [0.4, 0.5) is 4.39 Å². The highest BCUT2D eigenvalue weighted by atomic mass is 19.1. The van der Waals surface area contributed by atoms with Crippen LogP contribution in [-0.2, 0) is 4.79 Å². The van der Waals surface area contributed by atoms with Crippen molar-refractivity contribution in [3.8, 4) is 0 Å². The molecule has 0 heterocycles. The molecule has 1 aliphatic carbocycles. The molecule has 0 N–H and O–H groups in total. The molecule has 15 heavy (non-hydrogen) atoms. The van der Waals surface area contributed by atoms with Gasteiger partial charge in [0.2, 0.25) is 0 Å². The van der Waals surface area contributed by atoms with Crippen LogP contribution < -0.4 is 0 Å². The number of carbonyl (C=O) groups is 1. The van der Waals surface area contributed by atoms with E-state index in [2.05, 4.69) is 6.92 Å². The van der Waals surface area contributed by atoms with Gasteiger partial charge in [-0.15, -0.1) is 0 Å². The van der Waals surface area contributed by atoms with Gasteiger partial charge in [-0.25, -0.2) is 4.39 Å². The number of hydrogen-bond donors (Lipinski definition) is 0. The molecule has 0 saturated heterocycles. The van der Waals surface area contributed by atoms with Crippen molar-refractivity contribution in [2.75, 3.05) is 0 Å². The van der Waals surface area contributed by atoms with Crippen LogP contribution in [0.1, 0.15) is 37.7 Å². The summed E-state index contributed by atoms with van der Waals surface area (Å²) < 4.78 is 12.7. The molecule has 0 aliphatic heterocycles. The van der Waals surface area contributed by atoms with E-state index in [9.17, 15) is 9.18 Å². The second kappa shape index (κ2) is 4.13. The molecular formula is C13H15FO. The van der Waals surface area contributed by atoms with Crippen LogP contribution in [0.3, 0.4) is 0 Å². The third-order valence-corrected chi connectivity index (χ3v) is 3.18. The van der Waals surface area contributed by atoms with Crippen molar-refractivity contribution in [1.29, 1.82) is 0 Å². The fourth-order valence-electron chi connectivity index (χ4n) is 2.23. The maximum absolute atomic E-state index is 12.7. The largest absolute Gasteiger partial charge is 0.299 e. The Bertz CT molecular complexity index is 355. The van der Waals surface area contributed by atoms with Gasteiger partial charge in [0.1, 0.15) is 11.6 Å². The predicted molar refractivity (Wildman–Crippen MR) is 57.2 cm³/mol. The van der Waals surface area contributed by atoms with Crippen molar-refractivity contribution < 1.29 is 9.18 Å². The summed E-state index contributed by atoms with van der Waals surface area (Å²) in [4.78, 5) is 11.7. The predicted octanol–water partition coefficient (Wildman–Crippen LogP) is 3.30. The quantitative estimate of drug-likeness (QED) is 0.689. The number of ketones is 1. The standard InChI is InChI=1S/C13H15FO/c1-9-2-7-13(15)12(8-9)10-3-5-11(14)6-4-10/h3-6,9,12H,2,7-8H2,1H3. The van der Waals surface area contributed by atoms with Crippen molar-refractivity contribution in [2.24, 2.45) is 5.92 Å². The Kier molecular flexibility index (Phi) is 2.85. The van der Waals surface area contributed by atoms with Gasteiger partial charge in [0, 0.05) is 12.3 Å². The molecule has 1 nitrogen and oxygen atoms in total. The smallest absolute Gasteiger partial charge is 0.140 e. The maximum atomic E-state index is 12.7. The molecule has 2 heteroatoms. The summed E-state index contributed by atoms with van der Waals surface area (Å²) in [5.41, 5.74) is 0.966. The van der Waals surface area contributed by atoms with Gasteiger partial charge in [-0.1, -0.05) is 19.1 Å². The maximum Gasteiger partial charge on any atom is 0.140 e. The van der Waals surface area contributed by atoms with Gasteiger partial charge in [0.15, 0.2) is 0 Å². The number of carbonyl (C=O) groups excluding carboxylic acids is 1. The highest BCUT2D eigenvalue weighted by Crippen LogP contribution is 2.33. The second-order valence-corrected chi connectivity index (χ2v) is 4.45. The first kappa shape index (κ1) is 10.3. The minimum atomic E-state index is -0.241. The highest BCUT2D eigenvalue weighted by molar-refractivity contribution is 5.86. The summed E-state index contributed by atoms with van der Waals surface area (Å²) in [5.74, 6) is 0.655. The van der Waals surface area contributed by atoms with Gasteiger partial charge < -0.3 is 0 Å². The first-order chi connectivity index (χ1) is 7.16. The van der Waals surface area contributed by atoms with E-state index in [-0.39, 0.29) is 11.7 Å². The second-order valence-electron chi connectivity index (χ2n) is 4.45. The first-order valence-electron chi connectivity index (χ1n) is 5.45. The zero-order valence-electron chi connectivity index (χ0n) is 8.87.